The Kier molecular flexibility index (Phi) is 6.37. The number of hydrogen-bond acceptors (Lipinski definition) is 3. The Morgan fingerprint density at radius 2 is 1.86 bits per heavy atom. The number of nitrogens with one attached hydrogen (secondary N) is 2. The molecule has 0 unspecified atom stereocenters. The van der Waals surface area contributed by atoms with Crippen LogP contribution < -0.4 is 10.6 Å². The van der Waals surface area contributed by atoms with E-state index in [1.54, 1.807) is 30.6 Å². The van der Waals surface area contributed by atoms with Crippen LogP contribution in [-0.2, 0) is 12.8 Å². The number of aromatic nitrogens is 1. The van der Waals surface area contributed by atoms with Gasteiger partial charge in [-0.05, 0) is 48.6 Å². The molecule has 0 saturated carbocycles. The summed E-state index contributed by atoms with van der Waals surface area (Å²) in [5.74, 6) is -0.408. The number of pyridine rings is 1. The minimum absolute atomic E-state index is 0.200. The highest BCUT2D eigenvalue weighted by atomic mass is 19.1. The summed E-state index contributed by atoms with van der Waals surface area (Å²) in [5, 5.41) is 6.21. The number of nitrogens with zero attached hydrogens (tertiary/aromatic N) is 1. The average Bonchev–Trinajstić information content (AvgIpc) is 2.71. The highest BCUT2D eigenvalue weighted by Gasteiger charge is 2.11. The van der Waals surface area contributed by atoms with Crippen LogP contribution in [0.1, 0.15) is 34.0 Å². The van der Waals surface area contributed by atoms with Crippen molar-refractivity contribution < 1.29 is 9.18 Å². The van der Waals surface area contributed by atoms with Gasteiger partial charge < -0.3 is 10.6 Å². The Bertz CT molecular complexity index is 972. The number of hydrogen-bond donors (Lipinski definition) is 2. The molecule has 3 rings (SSSR count). The van der Waals surface area contributed by atoms with Crippen LogP contribution >= 0.6 is 0 Å². The number of anilines is 2. The number of para-hydroxylation sites is 1. The van der Waals surface area contributed by atoms with Gasteiger partial charge in [0.15, 0.2) is 0 Å². The zero-order valence-electron chi connectivity index (χ0n) is 16.1. The van der Waals surface area contributed by atoms with E-state index >= 15 is 0 Å². The van der Waals surface area contributed by atoms with Crippen molar-refractivity contribution in [3.05, 3.63) is 89.0 Å². The van der Waals surface area contributed by atoms with Gasteiger partial charge in [0.2, 0.25) is 0 Å². The first-order chi connectivity index (χ1) is 13.6. The highest BCUT2D eigenvalue weighted by Crippen LogP contribution is 2.22. The minimum atomic E-state index is -0.208. The van der Waals surface area contributed by atoms with Crippen LogP contribution in [0.2, 0.25) is 0 Å². The van der Waals surface area contributed by atoms with Gasteiger partial charge in [0.05, 0.1) is 11.3 Å². The van der Waals surface area contributed by atoms with Gasteiger partial charge in [-0.25, -0.2) is 4.39 Å². The lowest BCUT2D eigenvalue weighted by atomic mass is 10.1. The largest absolute Gasteiger partial charge is 0.383 e. The molecule has 0 bridgehead atoms. The summed E-state index contributed by atoms with van der Waals surface area (Å²) in [7, 11) is 0. The zero-order valence-corrected chi connectivity index (χ0v) is 16.1. The minimum Gasteiger partial charge on any atom is -0.383 e. The molecule has 1 amide bonds. The molecule has 144 valence electrons. The second-order valence-corrected chi connectivity index (χ2v) is 6.65. The van der Waals surface area contributed by atoms with E-state index in [1.165, 1.54) is 6.07 Å². The Morgan fingerprint density at radius 3 is 2.64 bits per heavy atom. The Hall–Kier alpha value is -3.21. The van der Waals surface area contributed by atoms with Crippen LogP contribution in [0.25, 0.3) is 0 Å². The molecule has 0 saturated heterocycles. The molecule has 3 aromatic rings. The molecule has 0 fully saturated rings. The Morgan fingerprint density at radius 1 is 1.07 bits per heavy atom. The lowest BCUT2D eigenvalue weighted by molar-refractivity contribution is 0.102. The molecule has 0 aliphatic heterocycles. The van der Waals surface area contributed by atoms with Gasteiger partial charge in [-0.2, -0.15) is 0 Å². The fourth-order valence-electron chi connectivity index (χ4n) is 3.09. The smallest absolute Gasteiger partial charge is 0.257 e. The number of benzene rings is 2. The summed E-state index contributed by atoms with van der Waals surface area (Å²) in [6.07, 6.45) is 4.59. The molecule has 28 heavy (non-hydrogen) atoms. The lowest BCUT2D eigenvalue weighted by Crippen LogP contribution is -2.15. The number of rotatable bonds is 7. The summed E-state index contributed by atoms with van der Waals surface area (Å²) >= 11 is 0. The molecule has 4 nitrogen and oxygen atoms in total. The van der Waals surface area contributed by atoms with Crippen LogP contribution in [0.4, 0.5) is 15.8 Å². The Labute approximate surface area is 164 Å². The van der Waals surface area contributed by atoms with Crippen molar-refractivity contribution >= 4 is 17.3 Å². The van der Waals surface area contributed by atoms with Crippen molar-refractivity contribution in [2.24, 2.45) is 0 Å². The van der Waals surface area contributed by atoms with E-state index in [1.807, 2.05) is 31.2 Å². The van der Waals surface area contributed by atoms with E-state index in [9.17, 15) is 9.18 Å². The standard InChI is InChI=1S/C23H24FN3O/c1-3-17-9-6-7-16(2)22(17)27-23(28)19-13-20(15-25-14-19)26-12-11-18-8-4-5-10-21(18)24/h4-10,13-15,26H,3,11-12H2,1-2H3,(H,27,28). The number of amides is 1. The van der Waals surface area contributed by atoms with Gasteiger partial charge in [0, 0.05) is 24.6 Å². The molecule has 0 atom stereocenters. The second kappa shape index (κ2) is 9.13. The topological polar surface area (TPSA) is 54.0 Å². The van der Waals surface area contributed by atoms with Crippen LogP contribution in [0.15, 0.2) is 60.9 Å². The molecule has 0 aliphatic rings. The number of carbonyl (C=O) groups is 1. The summed E-state index contributed by atoms with van der Waals surface area (Å²) in [4.78, 5) is 16.9. The van der Waals surface area contributed by atoms with Crippen molar-refractivity contribution in [3.63, 3.8) is 0 Å². The van der Waals surface area contributed by atoms with Gasteiger partial charge in [-0.1, -0.05) is 43.3 Å². The maximum Gasteiger partial charge on any atom is 0.257 e. The van der Waals surface area contributed by atoms with Crippen molar-refractivity contribution in [2.75, 3.05) is 17.2 Å². The van der Waals surface area contributed by atoms with Crippen LogP contribution in [0.5, 0.6) is 0 Å². The predicted octanol–water partition coefficient (Wildman–Crippen LogP) is 5.00. The van der Waals surface area contributed by atoms with E-state index in [2.05, 4.69) is 22.5 Å². The first kappa shape index (κ1) is 19.5. The van der Waals surface area contributed by atoms with Crippen molar-refractivity contribution in [1.29, 1.82) is 0 Å². The molecule has 0 radical (unpaired) electrons. The molecule has 1 heterocycles. The monoisotopic (exact) mass is 377 g/mol. The molecule has 1 aromatic heterocycles. The molecule has 5 heteroatoms. The first-order valence-corrected chi connectivity index (χ1v) is 9.40. The molecule has 2 N–H and O–H groups in total. The summed E-state index contributed by atoms with van der Waals surface area (Å²) in [6.45, 7) is 4.59. The van der Waals surface area contributed by atoms with Gasteiger partial charge in [0.25, 0.3) is 5.91 Å². The first-order valence-electron chi connectivity index (χ1n) is 9.40. The van der Waals surface area contributed by atoms with Gasteiger partial charge in [-0.15, -0.1) is 0 Å². The zero-order chi connectivity index (χ0) is 19.9. The average molecular weight is 377 g/mol. The number of aryl methyl sites for hydroxylation is 2. The number of halogens is 1. The third-order valence-electron chi connectivity index (χ3n) is 4.66. The fraction of sp³-hybridized carbons (Fsp3) is 0.217. The Balaban J connectivity index is 1.66. The normalized spacial score (nSPS) is 10.5. The molecule has 2 aromatic carbocycles. The van der Waals surface area contributed by atoms with Crippen molar-refractivity contribution in [1.82, 2.24) is 4.98 Å². The van der Waals surface area contributed by atoms with Gasteiger partial charge in [-0.3, -0.25) is 9.78 Å². The van der Waals surface area contributed by atoms with E-state index in [4.69, 9.17) is 0 Å². The maximum atomic E-state index is 13.7. The van der Waals surface area contributed by atoms with E-state index < -0.39 is 0 Å². The summed E-state index contributed by atoms with van der Waals surface area (Å²) < 4.78 is 13.7. The van der Waals surface area contributed by atoms with Crippen molar-refractivity contribution in [3.8, 4) is 0 Å². The SMILES string of the molecule is CCc1cccc(C)c1NC(=O)c1cncc(NCCc2ccccc2F)c1. The third kappa shape index (κ3) is 4.74. The molecular weight excluding hydrogens is 353 g/mol. The van der Waals surface area contributed by atoms with Gasteiger partial charge in [0.1, 0.15) is 5.82 Å². The van der Waals surface area contributed by atoms with Gasteiger partial charge >= 0.3 is 0 Å². The quantitative estimate of drug-likeness (QED) is 0.609. The molecule has 0 aliphatic carbocycles. The van der Waals surface area contributed by atoms with E-state index in [0.29, 0.717) is 24.1 Å². The predicted molar refractivity (Wildman–Crippen MR) is 111 cm³/mol. The van der Waals surface area contributed by atoms with E-state index in [0.717, 1.165) is 28.9 Å². The lowest BCUT2D eigenvalue weighted by Gasteiger charge is -2.13. The maximum absolute atomic E-state index is 13.7. The molecular formula is C23H24FN3O. The van der Waals surface area contributed by atoms with Crippen LogP contribution in [0.3, 0.4) is 0 Å². The van der Waals surface area contributed by atoms with Crippen molar-refractivity contribution in [2.45, 2.75) is 26.7 Å². The summed E-state index contributed by atoms with van der Waals surface area (Å²) in [6, 6.07) is 14.5. The summed E-state index contributed by atoms with van der Waals surface area (Å²) in [5.41, 5.74) is 4.84. The second-order valence-electron chi connectivity index (χ2n) is 6.65. The van der Waals surface area contributed by atoms with Crippen LogP contribution in [-0.4, -0.2) is 17.4 Å². The fourth-order valence-corrected chi connectivity index (χ4v) is 3.09. The number of carbonyl (C=O) groups excluding carboxylic acids is 1. The van der Waals surface area contributed by atoms with E-state index in [-0.39, 0.29) is 11.7 Å². The molecule has 0 spiro atoms. The third-order valence-corrected chi connectivity index (χ3v) is 4.66. The van der Waals surface area contributed by atoms with Crippen LogP contribution in [0, 0.1) is 12.7 Å². The highest BCUT2D eigenvalue weighted by molar-refractivity contribution is 6.05.